The monoisotopic (exact) mass is 379 g/mol. The van der Waals surface area contributed by atoms with Crippen molar-refractivity contribution in [3.63, 3.8) is 0 Å². The Morgan fingerprint density at radius 3 is 2.71 bits per heavy atom. The van der Waals surface area contributed by atoms with Crippen LogP contribution in [-0.2, 0) is 4.74 Å². The van der Waals surface area contributed by atoms with E-state index in [2.05, 4.69) is 35.8 Å². The molecule has 24 heavy (non-hydrogen) atoms. The van der Waals surface area contributed by atoms with Crippen LogP contribution in [0.3, 0.4) is 0 Å². The second kappa shape index (κ2) is 9.55. The topological polar surface area (TPSA) is 21.6 Å². The quantitative estimate of drug-likeness (QED) is 0.258. The summed E-state index contributed by atoms with van der Waals surface area (Å²) in [5, 5.41) is 3.86. The minimum absolute atomic E-state index is 0.508. The number of halogens is 1. The maximum atomic E-state index is 6.05. The van der Waals surface area contributed by atoms with Crippen LogP contribution in [0.4, 0.5) is 5.69 Å². The van der Waals surface area contributed by atoms with E-state index in [-0.39, 0.29) is 0 Å². The molecule has 1 aliphatic rings. The Hall–Kier alpha value is -0.893. The zero-order chi connectivity index (χ0) is 17.4. The molecule has 2 nitrogen and oxygen atoms in total. The predicted octanol–water partition coefficient (Wildman–Crippen LogP) is 6.50. The van der Waals surface area contributed by atoms with Gasteiger partial charge in [0.05, 0.1) is 12.3 Å². The lowest BCUT2D eigenvalue weighted by Gasteiger charge is -2.21. The molecule has 0 aliphatic heterocycles. The Morgan fingerprint density at radius 2 is 2.04 bits per heavy atom. The summed E-state index contributed by atoms with van der Waals surface area (Å²) in [6.07, 6.45) is 6.48. The van der Waals surface area contributed by atoms with Gasteiger partial charge >= 0.3 is 0 Å². The largest absolute Gasteiger partial charge is 0.471 e. The number of aliphatic imine (C=N–C) groups is 1. The maximum Gasteiger partial charge on any atom is 0.269 e. The lowest BCUT2D eigenvalue weighted by Crippen LogP contribution is -2.16. The summed E-state index contributed by atoms with van der Waals surface area (Å²) in [5.74, 6) is 4.26. The Balaban J connectivity index is 2.07. The molecule has 0 unspecified atom stereocenters. The molecule has 1 aromatic rings. The van der Waals surface area contributed by atoms with E-state index in [1.54, 1.807) is 11.2 Å². The summed E-state index contributed by atoms with van der Waals surface area (Å²) >= 11 is 7.77. The molecular weight excluding hydrogens is 354 g/mol. The minimum atomic E-state index is -1.27. The predicted molar refractivity (Wildman–Crippen MR) is 110 cm³/mol. The molecule has 0 atom stereocenters. The number of hydrogen-bond donors (Lipinski definition) is 0. The molecular formula is C19H26ClNOSSi. The van der Waals surface area contributed by atoms with Crippen molar-refractivity contribution in [2.24, 2.45) is 10.9 Å². The molecule has 0 spiro atoms. The molecule has 0 saturated heterocycles. The van der Waals surface area contributed by atoms with Crippen molar-refractivity contribution in [1.82, 2.24) is 0 Å². The minimum Gasteiger partial charge on any atom is -0.471 e. The molecule has 1 saturated carbocycles. The fraction of sp³-hybridized carbons (Fsp3) is 0.526. The van der Waals surface area contributed by atoms with Gasteiger partial charge in [0.1, 0.15) is 7.22 Å². The highest BCUT2D eigenvalue weighted by Crippen LogP contribution is 2.24. The molecule has 0 heterocycles. The number of ether oxygens (including phenoxy) is 1. The highest BCUT2D eigenvalue weighted by atomic mass is 35.5. The zero-order valence-electron chi connectivity index (χ0n) is 14.8. The van der Waals surface area contributed by atoms with Gasteiger partial charge in [-0.1, -0.05) is 56.6 Å². The summed E-state index contributed by atoms with van der Waals surface area (Å²) in [7, 11) is -1.27. The van der Waals surface area contributed by atoms with Crippen LogP contribution in [-0.4, -0.2) is 19.7 Å². The van der Waals surface area contributed by atoms with E-state index in [0.717, 1.165) is 5.69 Å². The van der Waals surface area contributed by atoms with Gasteiger partial charge in [-0.2, -0.15) is 0 Å². The van der Waals surface area contributed by atoms with Crippen molar-refractivity contribution in [3.05, 3.63) is 29.3 Å². The zero-order valence-corrected chi connectivity index (χ0v) is 17.3. The van der Waals surface area contributed by atoms with Gasteiger partial charge in [-0.15, -0.1) is 11.2 Å². The summed E-state index contributed by atoms with van der Waals surface area (Å²) in [4.78, 5) is 4.56. The third-order valence-electron chi connectivity index (χ3n) is 3.73. The van der Waals surface area contributed by atoms with Crippen molar-refractivity contribution in [2.45, 2.75) is 51.7 Å². The Bertz CT molecular complexity index is 624. The van der Waals surface area contributed by atoms with E-state index in [0.29, 0.717) is 23.4 Å². The van der Waals surface area contributed by atoms with Gasteiger partial charge in [-0.05, 0) is 42.2 Å². The molecule has 0 amide bonds. The third kappa shape index (κ3) is 7.79. The van der Waals surface area contributed by atoms with Crippen molar-refractivity contribution < 1.29 is 4.74 Å². The van der Waals surface area contributed by atoms with Crippen LogP contribution < -0.4 is 0 Å². The number of benzene rings is 1. The van der Waals surface area contributed by atoms with E-state index < -0.39 is 7.22 Å². The smallest absolute Gasteiger partial charge is 0.269 e. The van der Waals surface area contributed by atoms with Crippen molar-refractivity contribution >= 4 is 41.6 Å². The van der Waals surface area contributed by atoms with E-state index in [1.807, 2.05) is 24.3 Å². The molecule has 130 valence electrons. The SMILES string of the molecule is C[Si](C)(C)SC#CC(=Nc1cccc(Cl)c1)OCC1CCCCC1. The first-order chi connectivity index (χ1) is 11.4. The van der Waals surface area contributed by atoms with E-state index >= 15 is 0 Å². The van der Waals surface area contributed by atoms with Crippen molar-refractivity contribution in [1.29, 1.82) is 0 Å². The third-order valence-corrected chi connectivity index (χ3v) is 6.93. The van der Waals surface area contributed by atoms with Gasteiger partial charge in [-0.3, -0.25) is 0 Å². The van der Waals surface area contributed by atoms with Gasteiger partial charge < -0.3 is 4.74 Å². The molecule has 1 fully saturated rings. The molecule has 1 aliphatic carbocycles. The molecule has 0 aromatic heterocycles. The molecule has 5 heteroatoms. The molecule has 2 rings (SSSR count). The van der Waals surface area contributed by atoms with Crippen LogP contribution in [0.5, 0.6) is 0 Å². The summed E-state index contributed by atoms with van der Waals surface area (Å²) in [6.45, 7) is 7.56. The Labute approximate surface area is 156 Å². The standard InChI is InChI=1S/C19H26ClNOSSi/c1-24(2,3)23-13-12-19(21-18-11-7-10-17(20)14-18)22-15-16-8-5-4-6-9-16/h7,10-11,14,16H,4-6,8-9,15H2,1-3H3. The highest BCUT2D eigenvalue weighted by molar-refractivity contribution is 8.32. The van der Waals surface area contributed by atoms with Crippen LogP contribution >= 0.6 is 22.8 Å². The lowest BCUT2D eigenvalue weighted by atomic mass is 9.90. The first-order valence-corrected chi connectivity index (χ1v) is 14.0. The normalized spacial score (nSPS) is 16.4. The van der Waals surface area contributed by atoms with Crippen LogP contribution in [0, 0.1) is 17.1 Å². The van der Waals surface area contributed by atoms with Gasteiger partial charge in [0.25, 0.3) is 5.90 Å². The number of rotatable bonds is 4. The number of hydrogen-bond acceptors (Lipinski definition) is 3. The van der Waals surface area contributed by atoms with Gasteiger partial charge in [-0.25, -0.2) is 4.99 Å². The first kappa shape index (κ1) is 19.4. The van der Waals surface area contributed by atoms with E-state index in [1.165, 1.54) is 32.1 Å². The summed E-state index contributed by atoms with van der Waals surface area (Å²) < 4.78 is 5.98. The second-order valence-electron chi connectivity index (χ2n) is 7.15. The average molecular weight is 380 g/mol. The molecule has 1 aromatic carbocycles. The van der Waals surface area contributed by atoms with Crippen LogP contribution in [0.25, 0.3) is 0 Å². The van der Waals surface area contributed by atoms with Gasteiger partial charge in [0.2, 0.25) is 0 Å². The van der Waals surface area contributed by atoms with Crippen molar-refractivity contribution in [3.8, 4) is 11.2 Å². The van der Waals surface area contributed by atoms with Crippen molar-refractivity contribution in [2.75, 3.05) is 6.61 Å². The molecule has 0 radical (unpaired) electrons. The van der Waals surface area contributed by atoms with E-state index in [9.17, 15) is 0 Å². The fourth-order valence-corrected chi connectivity index (χ4v) is 4.23. The lowest BCUT2D eigenvalue weighted by molar-refractivity contribution is 0.202. The Morgan fingerprint density at radius 1 is 1.29 bits per heavy atom. The van der Waals surface area contributed by atoms with E-state index in [4.69, 9.17) is 16.3 Å². The fourth-order valence-electron chi connectivity index (χ4n) is 2.53. The van der Waals surface area contributed by atoms with Crippen LogP contribution in [0.15, 0.2) is 29.3 Å². The first-order valence-electron chi connectivity index (χ1n) is 8.58. The average Bonchev–Trinajstić information content (AvgIpc) is 2.52. The highest BCUT2D eigenvalue weighted by Gasteiger charge is 2.15. The maximum absolute atomic E-state index is 6.05. The van der Waals surface area contributed by atoms with Crippen LogP contribution in [0.1, 0.15) is 32.1 Å². The Kier molecular flexibility index (Phi) is 7.74. The van der Waals surface area contributed by atoms with Gasteiger partial charge in [0, 0.05) is 10.9 Å². The summed E-state index contributed by atoms with van der Waals surface area (Å²) in [6, 6.07) is 7.49. The molecule has 0 N–H and O–H groups in total. The van der Waals surface area contributed by atoms with Gasteiger partial charge in [0.15, 0.2) is 0 Å². The second-order valence-corrected chi connectivity index (χ2v) is 16.5. The molecule has 0 bridgehead atoms. The van der Waals surface area contributed by atoms with Crippen LogP contribution in [0.2, 0.25) is 24.7 Å². The number of nitrogens with zero attached hydrogens (tertiary/aromatic N) is 1. The summed E-state index contributed by atoms with van der Waals surface area (Å²) in [5.41, 5.74) is 0.786.